The Morgan fingerprint density at radius 2 is 1.81 bits per heavy atom. The van der Waals surface area contributed by atoms with Gasteiger partial charge in [-0.25, -0.2) is 0 Å². The molecule has 1 heterocycles. The highest BCUT2D eigenvalue weighted by Crippen LogP contribution is 2.31. The summed E-state index contributed by atoms with van der Waals surface area (Å²) >= 11 is 0. The molecule has 1 saturated heterocycles. The quantitative estimate of drug-likeness (QED) is 0.726. The number of hydrogen-bond donors (Lipinski definition) is 1. The number of rotatable bonds is 7. The zero-order valence-electron chi connectivity index (χ0n) is 13.8. The van der Waals surface area contributed by atoms with E-state index in [9.17, 15) is 5.11 Å². The maximum Gasteiger partial charge on any atom is 0.165 e. The Morgan fingerprint density at radius 3 is 2.29 bits per heavy atom. The summed E-state index contributed by atoms with van der Waals surface area (Å²) in [6, 6.07) is 0. The molecule has 122 valence electrons. The van der Waals surface area contributed by atoms with Gasteiger partial charge in [0.15, 0.2) is 5.79 Å². The Kier molecular flexibility index (Phi) is 6.64. The minimum absolute atomic E-state index is 0.0416. The number of aliphatic hydroxyl groups excluding tert-OH is 1. The largest absolute Gasteiger partial charge is 0.387 e. The molecule has 0 aromatic heterocycles. The molecule has 0 radical (unpaired) electrons. The summed E-state index contributed by atoms with van der Waals surface area (Å²) in [6.45, 7) is 11.5. The van der Waals surface area contributed by atoms with Gasteiger partial charge in [0, 0.05) is 0 Å². The van der Waals surface area contributed by atoms with Gasteiger partial charge in [-0.1, -0.05) is 5.92 Å². The smallest absolute Gasteiger partial charge is 0.165 e. The van der Waals surface area contributed by atoms with Crippen LogP contribution in [-0.2, 0) is 18.9 Å². The first-order valence-corrected chi connectivity index (χ1v) is 7.43. The van der Waals surface area contributed by atoms with Crippen LogP contribution in [0.5, 0.6) is 0 Å². The van der Waals surface area contributed by atoms with Crippen molar-refractivity contribution in [2.45, 2.75) is 84.0 Å². The third-order valence-electron chi connectivity index (χ3n) is 3.05. The lowest BCUT2D eigenvalue weighted by molar-refractivity contribution is -0.177. The van der Waals surface area contributed by atoms with Crippen LogP contribution in [0.15, 0.2) is 0 Å². The molecule has 0 aliphatic carbocycles. The lowest BCUT2D eigenvalue weighted by Gasteiger charge is -2.30. The van der Waals surface area contributed by atoms with Gasteiger partial charge in [-0.3, -0.25) is 0 Å². The Bertz CT molecular complexity index is 358. The molecular weight excluding hydrogens is 272 g/mol. The Balaban J connectivity index is 2.78. The van der Waals surface area contributed by atoms with E-state index in [1.807, 2.05) is 27.7 Å². The van der Waals surface area contributed by atoms with Crippen LogP contribution in [-0.4, -0.2) is 54.1 Å². The van der Waals surface area contributed by atoms with Crippen molar-refractivity contribution < 1.29 is 24.1 Å². The minimum Gasteiger partial charge on any atom is -0.387 e. The molecule has 0 spiro atoms. The van der Waals surface area contributed by atoms with Gasteiger partial charge in [-0.2, -0.15) is 0 Å². The second kappa shape index (κ2) is 7.57. The van der Waals surface area contributed by atoms with Crippen molar-refractivity contribution in [3.8, 4) is 12.3 Å². The zero-order chi connectivity index (χ0) is 16.2. The summed E-state index contributed by atoms with van der Waals surface area (Å²) in [5, 5.41) is 10.6. The maximum absolute atomic E-state index is 10.6. The van der Waals surface area contributed by atoms with Crippen molar-refractivity contribution in [3.63, 3.8) is 0 Å². The van der Waals surface area contributed by atoms with E-state index in [0.717, 1.165) is 0 Å². The van der Waals surface area contributed by atoms with Crippen LogP contribution in [0.4, 0.5) is 0 Å². The molecule has 1 fully saturated rings. The molecule has 0 aromatic rings. The Hall–Kier alpha value is -0.640. The molecular formula is C16H28O5. The zero-order valence-corrected chi connectivity index (χ0v) is 13.8. The Morgan fingerprint density at radius 1 is 1.19 bits per heavy atom. The summed E-state index contributed by atoms with van der Waals surface area (Å²) in [5.74, 6) is 1.70. The molecule has 1 N–H and O–H groups in total. The summed E-state index contributed by atoms with van der Waals surface area (Å²) in [6.07, 6.45) is 2.80. The highest BCUT2D eigenvalue weighted by molar-refractivity contribution is 5.06. The van der Waals surface area contributed by atoms with E-state index in [4.69, 9.17) is 25.4 Å². The van der Waals surface area contributed by atoms with Crippen LogP contribution < -0.4 is 0 Å². The fraction of sp³-hybridized carbons (Fsp3) is 0.875. The molecule has 21 heavy (non-hydrogen) atoms. The molecule has 4 atom stereocenters. The topological polar surface area (TPSA) is 57.2 Å². The first-order valence-electron chi connectivity index (χ1n) is 7.43. The highest BCUT2D eigenvalue weighted by Gasteiger charge is 2.46. The van der Waals surface area contributed by atoms with Crippen LogP contribution in [0.3, 0.4) is 0 Å². The van der Waals surface area contributed by atoms with E-state index in [1.165, 1.54) is 0 Å². The van der Waals surface area contributed by atoms with E-state index in [-0.39, 0.29) is 18.8 Å². The van der Waals surface area contributed by atoms with Gasteiger partial charge in [0.25, 0.3) is 0 Å². The summed E-state index contributed by atoms with van der Waals surface area (Å²) in [7, 11) is 0. The first-order chi connectivity index (χ1) is 9.66. The lowest BCUT2D eigenvalue weighted by atomic mass is 10.0. The van der Waals surface area contributed by atoms with Crippen LogP contribution >= 0.6 is 0 Å². The SMILES string of the molecule is C#C[C@H]1OC(C)(C)O[C@H]1[C@H](O)[C@@H](COC(C)C)OC(C)C. The van der Waals surface area contributed by atoms with E-state index in [2.05, 4.69) is 5.92 Å². The van der Waals surface area contributed by atoms with E-state index in [0.29, 0.717) is 0 Å². The Labute approximate surface area is 127 Å². The number of aliphatic hydroxyl groups is 1. The summed E-state index contributed by atoms with van der Waals surface area (Å²) in [5.41, 5.74) is 0. The molecule has 1 rings (SSSR count). The van der Waals surface area contributed by atoms with Gasteiger partial charge in [0.2, 0.25) is 0 Å². The first kappa shape index (κ1) is 18.4. The number of ether oxygens (including phenoxy) is 4. The molecule has 1 aliphatic heterocycles. The van der Waals surface area contributed by atoms with Crippen molar-refractivity contribution in [1.29, 1.82) is 0 Å². The lowest BCUT2D eigenvalue weighted by Crippen LogP contribution is -2.47. The van der Waals surface area contributed by atoms with E-state index < -0.39 is 30.2 Å². The van der Waals surface area contributed by atoms with Crippen molar-refractivity contribution in [2.75, 3.05) is 6.61 Å². The fourth-order valence-electron chi connectivity index (χ4n) is 2.23. The average Bonchev–Trinajstić information content (AvgIpc) is 2.68. The van der Waals surface area contributed by atoms with E-state index >= 15 is 0 Å². The summed E-state index contributed by atoms with van der Waals surface area (Å²) in [4.78, 5) is 0. The third kappa shape index (κ3) is 5.57. The summed E-state index contributed by atoms with van der Waals surface area (Å²) < 4.78 is 22.7. The number of hydrogen-bond acceptors (Lipinski definition) is 5. The van der Waals surface area contributed by atoms with E-state index in [1.54, 1.807) is 13.8 Å². The normalized spacial score (nSPS) is 27.8. The van der Waals surface area contributed by atoms with Crippen LogP contribution in [0, 0.1) is 12.3 Å². The van der Waals surface area contributed by atoms with Crippen LogP contribution in [0.25, 0.3) is 0 Å². The fourth-order valence-corrected chi connectivity index (χ4v) is 2.23. The van der Waals surface area contributed by atoms with Crippen molar-refractivity contribution in [1.82, 2.24) is 0 Å². The third-order valence-corrected chi connectivity index (χ3v) is 3.05. The minimum atomic E-state index is -0.922. The van der Waals surface area contributed by atoms with Gasteiger partial charge in [-0.05, 0) is 41.5 Å². The predicted molar refractivity (Wildman–Crippen MR) is 79.8 cm³/mol. The van der Waals surface area contributed by atoms with Crippen molar-refractivity contribution >= 4 is 0 Å². The van der Waals surface area contributed by atoms with Crippen LogP contribution in [0.2, 0.25) is 0 Å². The molecule has 5 nitrogen and oxygen atoms in total. The molecule has 0 amide bonds. The van der Waals surface area contributed by atoms with Gasteiger partial charge in [0.05, 0.1) is 18.8 Å². The maximum atomic E-state index is 10.6. The second-order valence-corrected chi connectivity index (χ2v) is 6.28. The molecule has 1 aliphatic rings. The molecule has 0 aromatic carbocycles. The van der Waals surface area contributed by atoms with Gasteiger partial charge in [-0.15, -0.1) is 6.42 Å². The van der Waals surface area contributed by atoms with Crippen molar-refractivity contribution in [3.05, 3.63) is 0 Å². The molecule has 5 heteroatoms. The average molecular weight is 300 g/mol. The predicted octanol–water partition coefficient (Wildman–Crippen LogP) is 1.72. The van der Waals surface area contributed by atoms with Crippen molar-refractivity contribution in [2.24, 2.45) is 0 Å². The standard InChI is InChI=1S/C16H28O5/c1-8-12-15(21-16(6,7)20-12)14(17)13(19-11(4)5)9-18-10(2)3/h1,10-15,17H,9H2,2-7H3/t12-,13-,14-,15-/m1/s1. The number of terminal acetylenes is 1. The van der Waals surface area contributed by atoms with Gasteiger partial charge in [0.1, 0.15) is 24.4 Å². The molecule has 0 unspecified atom stereocenters. The van der Waals surface area contributed by atoms with Gasteiger partial charge < -0.3 is 24.1 Å². The monoisotopic (exact) mass is 300 g/mol. The molecule has 0 bridgehead atoms. The van der Waals surface area contributed by atoms with Gasteiger partial charge >= 0.3 is 0 Å². The molecule has 0 saturated carbocycles. The highest BCUT2D eigenvalue weighted by atomic mass is 16.8. The van der Waals surface area contributed by atoms with Crippen LogP contribution in [0.1, 0.15) is 41.5 Å². The second-order valence-electron chi connectivity index (χ2n) is 6.28.